The molecule has 2 aliphatic carbocycles. The van der Waals surface area contributed by atoms with E-state index in [-0.39, 0.29) is 6.10 Å². The van der Waals surface area contributed by atoms with E-state index in [1.807, 2.05) is 0 Å². The topological polar surface area (TPSA) is 20.2 Å². The lowest BCUT2D eigenvalue weighted by Crippen LogP contribution is -2.15. The molecule has 64 valence electrons. The lowest BCUT2D eigenvalue weighted by atomic mass is 9.89. The van der Waals surface area contributed by atoms with E-state index in [0.29, 0.717) is 11.3 Å². The largest absolute Gasteiger partial charge is 0.393 e. The summed E-state index contributed by atoms with van der Waals surface area (Å²) in [6.45, 7) is 6.79. The molecule has 2 fully saturated rings. The van der Waals surface area contributed by atoms with Crippen molar-refractivity contribution in [1.82, 2.24) is 0 Å². The van der Waals surface area contributed by atoms with Gasteiger partial charge in [-0.25, -0.2) is 0 Å². The standard InChI is InChI=1S/C10H18O/c1-6(2)10-4-8(10)7(3)9(11)5-10/h6-9,11H,4-5H2,1-3H3/t7?,8-,9+,10+/m0/s1. The summed E-state index contributed by atoms with van der Waals surface area (Å²) in [5.74, 6) is 2.18. The molecule has 0 spiro atoms. The van der Waals surface area contributed by atoms with E-state index < -0.39 is 0 Å². The molecule has 0 aromatic rings. The first-order valence-corrected chi connectivity index (χ1v) is 4.76. The van der Waals surface area contributed by atoms with Gasteiger partial charge in [0.15, 0.2) is 0 Å². The van der Waals surface area contributed by atoms with E-state index in [1.54, 1.807) is 0 Å². The van der Waals surface area contributed by atoms with Gasteiger partial charge in [-0.1, -0.05) is 20.8 Å². The molecule has 0 bridgehead atoms. The number of aliphatic hydroxyl groups excluding tert-OH is 1. The fourth-order valence-electron chi connectivity index (χ4n) is 3.04. The molecule has 1 nitrogen and oxygen atoms in total. The van der Waals surface area contributed by atoms with Crippen molar-refractivity contribution in [3.63, 3.8) is 0 Å². The van der Waals surface area contributed by atoms with Gasteiger partial charge in [-0.3, -0.25) is 0 Å². The summed E-state index contributed by atoms with van der Waals surface area (Å²) in [6.07, 6.45) is 2.44. The first kappa shape index (κ1) is 7.60. The van der Waals surface area contributed by atoms with Crippen molar-refractivity contribution in [2.24, 2.45) is 23.2 Å². The second-order valence-electron chi connectivity index (χ2n) is 4.83. The van der Waals surface area contributed by atoms with Crippen LogP contribution in [0.25, 0.3) is 0 Å². The van der Waals surface area contributed by atoms with E-state index in [1.165, 1.54) is 6.42 Å². The number of hydrogen-bond donors (Lipinski definition) is 1. The molecule has 0 aromatic carbocycles. The Morgan fingerprint density at radius 2 is 2.00 bits per heavy atom. The van der Waals surface area contributed by atoms with Crippen LogP contribution < -0.4 is 0 Å². The van der Waals surface area contributed by atoms with Gasteiger partial charge in [0.05, 0.1) is 6.10 Å². The molecule has 1 heteroatoms. The maximum Gasteiger partial charge on any atom is 0.0574 e. The van der Waals surface area contributed by atoms with E-state index in [0.717, 1.165) is 18.3 Å². The summed E-state index contributed by atoms with van der Waals surface area (Å²) < 4.78 is 0. The maximum absolute atomic E-state index is 9.61. The van der Waals surface area contributed by atoms with Crippen LogP contribution >= 0.6 is 0 Å². The number of rotatable bonds is 1. The van der Waals surface area contributed by atoms with Crippen molar-refractivity contribution in [2.45, 2.75) is 39.7 Å². The number of aliphatic hydroxyl groups is 1. The van der Waals surface area contributed by atoms with E-state index in [4.69, 9.17) is 0 Å². The van der Waals surface area contributed by atoms with Crippen LogP contribution in [0.4, 0.5) is 0 Å². The fourth-order valence-corrected chi connectivity index (χ4v) is 3.04. The minimum absolute atomic E-state index is 0.00356. The lowest BCUT2D eigenvalue weighted by molar-refractivity contribution is 0.113. The Morgan fingerprint density at radius 1 is 1.36 bits per heavy atom. The highest BCUT2D eigenvalue weighted by Crippen LogP contribution is 2.69. The summed E-state index contributed by atoms with van der Waals surface area (Å²) in [4.78, 5) is 0. The highest BCUT2D eigenvalue weighted by molar-refractivity contribution is 5.13. The third-order valence-corrected chi connectivity index (χ3v) is 4.16. The van der Waals surface area contributed by atoms with Gasteiger partial charge < -0.3 is 5.11 Å². The second kappa shape index (κ2) is 2.01. The van der Waals surface area contributed by atoms with Crippen LogP contribution in [0.2, 0.25) is 0 Å². The van der Waals surface area contributed by atoms with Gasteiger partial charge in [-0.15, -0.1) is 0 Å². The predicted octanol–water partition coefficient (Wildman–Crippen LogP) is 2.05. The fraction of sp³-hybridized carbons (Fsp3) is 1.00. The minimum Gasteiger partial charge on any atom is -0.393 e. The molecule has 0 aliphatic heterocycles. The summed E-state index contributed by atoms with van der Waals surface area (Å²) in [5.41, 5.74) is 0.554. The first-order chi connectivity index (χ1) is 5.08. The summed E-state index contributed by atoms with van der Waals surface area (Å²) in [5, 5.41) is 9.61. The van der Waals surface area contributed by atoms with Crippen LogP contribution in [0.3, 0.4) is 0 Å². The molecule has 1 unspecified atom stereocenters. The zero-order valence-corrected chi connectivity index (χ0v) is 7.67. The third kappa shape index (κ3) is 0.807. The molecule has 0 saturated heterocycles. The summed E-state index contributed by atoms with van der Waals surface area (Å²) in [6, 6.07) is 0. The van der Waals surface area contributed by atoms with Crippen LogP contribution in [0.15, 0.2) is 0 Å². The van der Waals surface area contributed by atoms with Crippen LogP contribution in [0.1, 0.15) is 33.6 Å². The van der Waals surface area contributed by atoms with Gasteiger partial charge in [-0.05, 0) is 36.0 Å². The molecular formula is C10H18O. The highest BCUT2D eigenvalue weighted by Gasteiger charge is 2.64. The average molecular weight is 154 g/mol. The molecule has 2 saturated carbocycles. The smallest absolute Gasteiger partial charge is 0.0574 e. The van der Waals surface area contributed by atoms with Crippen molar-refractivity contribution in [3.05, 3.63) is 0 Å². The van der Waals surface area contributed by atoms with E-state index in [9.17, 15) is 5.11 Å². The van der Waals surface area contributed by atoms with Gasteiger partial charge in [0.1, 0.15) is 0 Å². The van der Waals surface area contributed by atoms with Crippen LogP contribution in [0.5, 0.6) is 0 Å². The van der Waals surface area contributed by atoms with Crippen molar-refractivity contribution in [3.8, 4) is 0 Å². The van der Waals surface area contributed by atoms with Gasteiger partial charge >= 0.3 is 0 Å². The van der Waals surface area contributed by atoms with Crippen molar-refractivity contribution in [2.75, 3.05) is 0 Å². The molecular weight excluding hydrogens is 136 g/mol. The Bertz CT molecular complexity index is 176. The Morgan fingerprint density at radius 3 is 2.27 bits per heavy atom. The molecule has 2 aliphatic rings. The molecule has 4 atom stereocenters. The number of fused-ring (bicyclic) bond motifs is 1. The van der Waals surface area contributed by atoms with Gasteiger partial charge in [0.2, 0.25) is 0 Å². The van der Waals surface area contributed by atoms with Gasteiger partial charge in [0, 0.05) is 0 Å². The Kier molecular flexibility index (Phi) is 1.39. The van der Waals surface area contributed by atoms with E-state index in [2.05, 4.69) is 20.8 Å². The van der Waals surface area contributed by atoms with Gasteiger partial charge in [-0.2, -0.15) is 0 Å². The lowest BCUT2D eigenvalue weighted by Gasteiger charge is -2.17. The Hall–Kier alpha value is -0.0400. The zero-order chi connectivity index (χ0) is 8.22. The van der Waals surface area contributed by atoms with Crippen LogP contribution in [-0.2, 0) is 0 Å². The van der Waals surface area contributed by atoms with Crippen LogP contribution in [-0.4, -0.2) is 11.2 Å². The molecule has 0 aromatic heterocycles. The number of hydrogen-bond acceptors (Lipinski definition) is 1. The molecule has 0 heterocycles. The minimum atomic E-state index is -0.00356. The second-order valence-corrected chi connectivity index (χ2v) is 4.83. The quantitative estimate of drug-likeness (QED) is 0.613. The highest BCUT2D eigenvalue weighted by atomic mass is 16.3. The first-order valence-electron chi connectivity index (χ1n) is 4.76. The van der Waals surface area contributed by atoms with Crippen LogP contribution in [0, 0.1) is 23.2 Å². The molecule has 0 radical (unpaired) electrons. The van der Waals surface area contributed by atoms with Crippen molar-refractivity contribution >= 4 is 0 Å². The third-order valence-electron chi connectivity index (χ3n) is 4.16. The van der Waals surface area contributed by atoms with Crippen molar-refractivity contribution in [1.29, 1.82) is 0 Å². The van der Waals surface area contributed by atoms with Crippen molar-refractivity contribution < 1.29 is 5.11 Å². The zero-order valence-electron chi connectivity index (χ0n) is 7.67. The molecule has 2 rings (SSSR count). The predicted molar refractivity (Wildman–Crippen MR) is 45.2 cm³/mol. The molecule has 1 N–H and O–H groups in total. The normalized spacial score (nSPS) is 54.8. The average Bonchev–Trinajstić information content (AvgIpc) is 2.57. The Labute approximate surface area is 68.8 Å². The summed E-state index contributed by atoms with van der Waals surface area (Å²) >= 11 is 0. The maximum atomic E-state index is 9.61. The van der Waals surface area contributed by atoms with Gasteiger partial charge in [0.25, 0.3) is 0 Å². The van der Waals surface area contributed by atoms with E-state index >= 15 is 0 Å². The summed E-state index contributed by atoms with van der Waals surface area (Å²) in [7, 11) is 0. The Balaban J connectivity index is 2.13. The SMILES string of the molecule is CC1[C@H](O)C[C@@]2(C(C)C)C[C@@H]12. The molecule has 11 heavy (non-hydrogen) atoms. The molecule has 0 amide bonds. The monoisotopic (exact) mass is 154 g/mol.